The maximum Gasteiger partial charge on any atom is 0.253 e. The van der Waals surface area contributed by atoms with Gasteiger partial charge in [-0.3, -0.25) is 9.59 Å². The van der Waals surface area contributed by atoms with Crippen LogP contribution in [0, 0.1) is 12.8 Å². The van der Waals surface area contributed by atoms with Gasteiger partial charge in [0.25, 0.3) is 5.91 Å². The van der Waals surface area contributed by atoms with Gasteiger partial charge in [0, 0.05) is 37.7 Å². The van der Waals surface area contributed by atoms with Crippen molar-refractivity contribution in [1.82, 2.24) is 24.7 Å². The monoisotopic (exact) mass is 461 g/mol. The molecule has 32 heavy (non-hydrogen) atoms. The van der Waals surface area contributed by atoms with Crippen LogP contribution in [0.25, 0.3) is 0 Å². The van der Waals surface area contributed by atoms with E-state index in [2.05, 4.69) is 15.5 Å². The Morgan fingerprint density at radius 2 is 1.75 bits per heavy atom. The summed E-state index contributed by atoms with van der Waals surface area (Å²) in [5.74, 6) is 0.442. The number of nitrogens with one attached hydrogen (secondary N) is 1. The lowest BCUT2D eigenvalue weighted by atomic mass is 9.95. The van der Waals surface area contributed by atoms with Crippen LogP contribution in [0.1, 0.15) is 47.8 Å². The Kier molecular flexibility index (Phi) is 6.56. The second-order valence-electron chi connectivity index (χ2n) is 8.16. The van der Waals surface area contributed by atoms with Gasteiger partial charge in [0.05, 0.1) is 11.4 Å². The molecule has 2 aliphatic heterocycles. The van der Waals surface area contributed by atoms with E-state index in [1.165, 1.54) is 16.4 Å². The molecular weight excluding hydrogens is 434 g/mol. The Morgan fingerprint density at radius 3 is 2.34 bits per heavy atom. The van der Waals surface area contributed by atoms with Crippen molar-refractivity contribution < 1.29 is 22.5 Å². The summed E-state index contributed by atoms with van der Waals surface area (Å²) in [6.45, 7) is 3.90. The summed E-state index contributed by atoms with van der Waals surface area (Å²) in [5, 5.41) is 6.49. The van der Waals surface area contributed by atoms with E-state index >= 15 is 0 Å². The van der Waals surface area contributed by atoms with Crippen molar-refractivity contribution in [2.45, 2.75) is 44.0 Å². The molecular formula is C21H27N5O5S. The van der Waals surface area contributed by atoms with Crippen molar-refractivity contribution in [3.05, 3.63) is 41.5 Å². The molecule has 1 aromatic heterocycles. The highest BCUT2D eigenvalue weighted by atomic mass is 32.2. The first-order chi connectivity index (χ1) is 15.3. The maximum atomic E-state index is 12.8. The van der Waals surface area contributed by atoms with Crippen LogP contribution in [0.5, 0.6) is 0 Å². The smallest absolute Gasteiger partial charge is 0.253 e. The predicted molar refractivity (Wildman–Crippen MR) is 114 cm³/mol. The number of carbonyl (C=O) groups is 2. The number of aromatic nitrogens is 2. The molecule has 2 fully saturated rings. The zero-order valence-electron chi connectivity index (χ0n) is 18.0. The standard InChI is InChI=1S/C21H27N5O5S/c1-15-23-19(31-24-15)14-22-20(27)16-8-12-25(13-9-16)21(28)17-4-6-18(7-5-17)32(29,30)26-10-2-3-11-26/h4-7,16H,2-3,8-14H2,1H3,(H,22,27). The molecule has 4 rings (SSSR count). The lowest BCUT2D eigenvalue weighted by molar-refractivity contribution is -0.126. The quantitative estimate of drug-likeness (QED) is 0.688. The van der Waals surface area contributed by atoms with Gasteiger partial charge in [0.2, 0.25) is 21.8 Å². The normalized spacial score (nSPS) is 18.1. The number of benzene rings is 1. The third-order valence-electron chi connectivity index (χ3n) is 5.94. The van der Waals surface area contributed by atoms with Gasteiger partial charge in [-0.15, -0.1) is 0 Å². The van der Waals surface area contributed by atoms with Gasteiger partial charge in [-0.2, -0.15) is 9.29 Å². The van der Waals surface area contributed by atoms with Crippen molar-refractivity contribution in [2.24, 2.45) is 5.92 Å². The summed E-state index contributed by atoms with van der Waals surface area (Å²) < 4.78 is 31.8. The van der Waals surface area contributed by atoms with Crippen molar-refractivity contribution in [1.29, 1.82) is 0 Å². The van der Waals surface area contributed by atoms with Gasteiger partial charge in [0.1, 0.15) is 0 Å². The number of hydrogen-bond donors (Lipinski definition) is 1. The van der Waals surface area contributed by atoms with Crippen LogP contribution in [0.4, 0.5) is 0 Å². The number of likely N-dealkylation sites (tertiary alicyclic amines) is 1. The molecule has 1 aromatic carbocycles. The summed E-state index contributed by atoms with van der Waals surface area (Å²) in [4.78, 5) is 31.2. The van der Waals surface area contributed by atoms with Gasteiger partial charge in [-0.1, -0.05) is 5.16 Å². The molecule has 2 amide bonds. The third kappa shape index (κ3) is 4.83. The van der Waals surface area contributed by atoms with Crippen molar-refractivity contribution >= 4 is 21.8 Å². The van der Waals surface area contributed by atoms with Crippen molar-refractivity contribution in [3.63, 3.8) is 0 Å². The molecule has 2 saturated heterocycles. The zero-order valence-corrected chi connectivity index (χ0v) is 18.8. The molecule has 0 bridgehead atoms. The Morgan fingerprint density at radius 1 is 1.09 bits per heavy atom. The minimum atomic E-state index is -3.50. The fourth-order valence-corrected chi connectivity index (χ4v) is 5.61. The Balaban J connectivity index is 1.29. The van der Waals surface area contributed by atoms with Gasteiger partial charge in [0.15, 0.2) is 5.82 Å². The molecule has 10 nitrogen and oxygen atoms in total. The van der Waals surface area contributed by atoms with Gasteiger partial charge in [-0.05, 0) is 56.9 Å². The first kappa shape index (κ1) is 22.4. The third-order valence-corrected chi connectivity index (χ3v) is 7.85. The van der Waals surface area contributed by atoms with E-state index < -0.39 is 10.0 Å². The first-order valence-electron chi connectivity index (χ1n) is 10.8. The highest BCUT2D eigenvalue weighted by Gasteiger charge is 2.29. The number of sulfonamides is 1. The second-order valence-corrected chi connectivity index (χ2v) is 10.1. The average molecular weight is 462 g/mol. The molecule has 0 radical (unpaired) electrons. The van der Waals surface area contributed by atoms with E-state index in [0.717, 1.165) is 12.8 Å². The highest BCUT2D eigenvalue weighted by molar-refractivity contribution is 7.89. The number of amides is 2. The van der Waals surface area contributed by atoms with E-state index in [0.29, 0.717) is 56.3 Å². The van der Waals surface area contributed by atoms with Crippen LogP contribution in [0.3, 0.4) is 0 Å². The van der Waals surface area contributed by atoms with E-state index in [9.17, 15) is 18.0 Å². The molecule has 2 aromatic rings. The minimum absolute atomic E-state index is 0.0931. The van der Waals surface area contributed by atoms with Crippen molar-refractivity contribution in [3.8, 4) is 0 Å². The zero-order chi connectivity index (χ0) is 22.7. The summed E-state index contributed by atoms with van der Waals surface area (Å²) in [5.41, 5.74) is 0.444. The summed E-state index contributed by atoms with van der Waals surface area (Å²) >= 11 is 0. The van der Waals surface area contributed by atoms with Crippen LogP contribution in [-0.4, -0.2) is 65.8 Å². The molecule has 0 saturated carbocycles. The van der Waals surface area contributed by atoms with Crippen LogP contribution < -0.4 is 5.32 Å². The minimum Gasteiger partial charge on any atom is -0.347 e. The second kappa shape index (κ2) is 9.37. The van der Waals surface area contributed by atoms with Crippen LogP contribution in [0.15, 0.2) is 33.7 Å². The summed E-state index contributed by atoms with van der Waals surface area (Å²) in [7, 11) is -3.50. The number of nitrogens with zero attached hydrogens (tertiary/aromatic N) is 4. The van der Waals surface area contributed by atoms with E-state index in [1.54, 1.807) is 24.0 Å². The Bertz CT molecular complexity index is 1070. The molecule has 3 heterocycles. The number of aryl methyl sites for hydroxylation is 1. The molecule has 11 heteroatoms. The largest absolute Gasteiger partial charge is 0.347 e. The molecule has 0 spiro atoms. The number of rotatable bonds is 6. The Labute approximate surface area is 187 Å². The maximum absolute atomic E-state index is 12.8. The van der Waals surface area contributed by atoms with Gasteiger partial charge >= 0.3 is 0 Å². The average Bonchev–Trinajstić information content (AvgIpc) is 3.50. The SMILES string of the molecule is Cc1noc(CNC(=O)C2CCN(C(=O)c3ccc(S(=O)(=O)N4CCCC4)cc3)CC2)n1. The van der Waals surface area contributed by atoms with Crippen molar-refractivity contribution in [2.75, 3.05) is 26.2 Å². The van der Waals surface area contributed by atoms with Crippen LogP contribution >= 0.6 is 0 Å². The van der Waals surface area contributed by atoms with Crippen LogP contribution in [0.2, 0.25) is 0 Å². The number of piperidine rings is 1. The van der Waals surface area contributed by atoms with Gasteiger partial charge in [-0.25, -0.2) is 8.42 Å². The molecule has 172 valence electrons. The lowest BCUT2D eigenvalue weighted by Gasteiger charge is -2.31. The first-order valence-corrected chi connectivity index (χ1v) is 12.2. The topological polar surface area (TPSA) is 126 Å². The fourth-order valence-electron chi connectivity index (χ4n) is 4.09. The van der Waals surface area contributed by atoms with E-state index in [4.69, 9.17) is 4.52 Å². The molecule has 0 unspecified atom stereocenters. The lowest BCUT2D eigenvalue weighted by Crippen LogP contribution is -2.43. The van der Waals surface area contributed by atoms with Gasteiger partial charge < -0.3 is 14.7 Å². The number of carbonyl (C=O) groups excluding carboxylic acids is 2. The van der Waals surface area contributed by atoms with E-state index in [1.807, 2.05) is 0 Å². The Hall–Kier alpha value is -2.79. The predicted octanol–water partition coefficient (Wildman–Crippen LogP) is 1.33. The summed E-state index contributed by atoms with van der Waals surface area (Å²) in [6.07, 6.45) is 2.87. The number of hydrogen-bond acceptors (Lipinski definition) is 7. The van der Waals surface area contributed by atoms with Crippen LogP contribution in [-0.2, 0) is 21.4 Å². The highest BCUT2D eigenvalue weighted by Crippen LogP contribution is 2.23. The summed E-state index contributed by atoms with van der Waals surface area (Å²) in [6, 6.07) is 6.13. The fraction of sp³-hybridized carbons (Fsp3) is 0.524. The molecule has 0 aliphatic carbocycles. The molecule has 2 aliphatic rings. The van der Waals surface area contributed by atoms with E-state index in [-0.39, 0.29) is 29.2 Å². The molecule has 1 N–H and O–H groups in total. The molecule has 0 atom stereocenters.